The summed E-state index contributed by atoms with van der Waals surface area (Å²) in [7, 11) is 0. The normalized spacial score (nSPS) is 20.0. The van der Waals surface area contributed by atoms with Crippen LogP contribution in [-0.2, 0) is 0 Å². The van der Waals surface area contributed by atoms with Crippen LogP contribution in [0.2, 0.25) is 0 Å². The predicted molar refractivity (Wildman–Crippen MR) is 102 cm³/mol. The van der Waals surface area contributed by atoms with Gasteiger partial charge in [0.1, 0.15) is 0 Å². The van der Waals surface area contributed by atoms with Gasteiger partial charge in [-0.1, -0.05) is 12.1 Å². The second kappa shape index (κ2) is 7.17. The lowest BCUT2D eigenvalue weighted by Crippen LogP contribution is -2.45. The van der Waals surface area contributed by atoms with Crippen molar-refractivity contribution in [2.75, 3.05) is 10.2 Å². The van der Waals surface area contributed by atoms with Crippen molar-refractivity contribution in [2.24, 2.45) is 0 Å². The van der Waals surface area contributed by atoms with Crippen molar-refractivity contribution >= 4 is 28.3 Å². The number of rotatable bonds is 3. The third-order valence-electron chi connectivity index (χ3n) is 4.99. The second-order valence-corrected chi connectivity index (χ2v) is 6.72. The zero-order valence-electron chi connectivity index (χ0n) is 14.4. The number of para-hydroxylation sites is 1. The van der Waals surface area contributed by atoms with E-state index in [9.17, 15) is 9.90 Å². The smallest absolute Gasteiger partial charge is 0.326 e. The summed E-state index contributed by atoms with van der Waals surface area (Å²) >= 11 is 0. The SMILES string of the molecule is O=C(Nc1cccnc1)N(c1cccc2cc[nH]c12)C1CCC(O)CC1. The number of nitrogens with one attached hydrogen (secondary N) is 2. The number of hydrogen-bond donors (Lipinski definition) is 3. The molecule has 0 spiro atoms. The van der Waals surface area contributed by atoms with E-state index >= 15 is 0 Å². The number of urea groups is 1. The van der Waals surface area contributed by atoms with E-state index in [1.54, 1.807) is 18.5 Å². The largest absolute Gasteiger partial charge is 0.393 e. The molecule has 1 saturated carbocycles. The van der Waals surface area contributed by atoms with E-state index in [1.807, 2.05) is 41.4 Å². The molecule has 2 amide bonds. The molecule has 3 N–H and O–H groups in total. The first-order valence-corrected chi connectivity index (χ1v) is 8.97. The molecule has 0 saturated heterocycles. The molecule has 2 heterocycles. The van der Waals surface area contributed by atoms with Crippen LogP contribution in [0.1, 0.15) is 25.7 Å². The van der Waals surface area contributed by atoms with Crippen molar-refractivity contribution < 1.29 is 9.90 Å². The summed E-state index contributed by atoms with van der Waals surface area (Å²) in [6.45, 7) is 0. The Morgan fingerprint density at radius 1 is 1.15 bits per heavy atom. The van der Waals surface area contributed by atoms with Crippen molar-refractivity contribution in [3.05, 3.63) is 55.0 Å². The van der Waals surface area contributed by atoms with Crippen LogP contribution in [0.25, 0.3) is 10.9 Å². The molecule has 6 nitrogen and oxygen atoms in total. The standard InChI is InChI=1S/C20H22N4O2/c25-17-8-6-16(7-9-17)24(20(26)23-15-4-2-11-21-13-15)18-5-1-3-14-10-12-22-19(14)18/h1-5,10-13,16-17,22,25H,6-9H2,(H,23,26). The van der Waals surface area contributed by atoms with Crippen LogP contribution in [0, 0.1) is 0 Å². The topological polar surface area (TPSA) is 81.2 Å². The molecule has 4 rings (SSSR count). The van der Waals surface area contributed by atoms with Crippen molar-refractivity contribution in [1.29, 1.82) is 0 Å². The lowest BCUT2D eigenvalue weighted by molar-refractivity contribution is 0.122. The molecule has 6 heteroatoms. The van der Waals surface area contributed by atoms with Crippen LogP contribution < -0.4 is 10.2 Å². The van der Waals surface area contributed by atoms with Crippen LogP contribution in [0.5, 0.6) is 0 Å². The summed E-state index contributed by atoms with van der Waals surface area (Å²) in [5.74, 6) is 0. The number of amides is 2. The van der Waals surface area contributed by atoms with E-state index in [4.69, 9.17) is 0 Å². The van der Waals surface area contributed by atoms with E-state index in [-0.39, 0.29) is 18.2 Å². The number of benzene rings is 1. The molecule has 2 aromatic heterocycles. The highest BCUT2D eigenvalue weighted by Crippen LogP contribution is 2.32. The number of anilines is 2. The summed E-state index contributed by atoms with van der Waals surface area (Å²) in [6.07, 6.45) is 7.90. The molecule has 0 unspecified atom stereocenters. The molecule has 0 atom stereocenters. The summed E-state index contributed by atoms with van der Waals surface area (Å²) < 4.78 is 0. The molecule has 0 bridgehead atoms. The van der Waals surface area contributed by atoms with Gasteiger partial charge in [-0.05, 0) is 49.9 Å². The van der Waals surface area contributed by atoms with Crippen LogP contribution in [-0.4, -0.2) is 33.3 Å². The van der Waals surface area contributed by atoms with Gasteiger partial charge in [0, 0.05) is 23.8 Å². The first kappa shape index (κ1) is 16.6. The quantitative estimate of drug-likeness (QED) is 0.670. The number of aliphatic hydroxyl groups excluding tert-OH is 1. The fourth-order valence-corrected chi connectivity index (χ4v) is 3.68. The lowest BCUT2D eigenvalue weighted by Gasteiger charge is -2.36. The van der Waals surface area contributed by atoms with Gasteiger partial charge in [-0.2, -0.15) is 0 Å². The number of aromatic amines is 1. The van der Waals surface area contributed by atoms with Gasteiger partial charge in [-0.3, -0.25) is 9.88 Å². The Labute approximate surface area is 151 Å². The molecule has 1 aliphatic rings. The van der Waals surface area contributed by atoms with Crippen LogP contribution in [0.4, 0.5) is 16.2 Å². The van der Waals surface area contributed by atoms with E-state index < -0.39 is 0 Å². The second-order valence-electron chi connectivity index (χ2n) is 6.72. The van der Waals surface area contributed by atoms with Gasteiger partial charge in [0.25, 0.3) is 0 Å². The Balaban J connectivity index is 1.69. The molecular formula is C20H22N4O2. The number of pyridine rings is 1. The van der Waals surface area contributed by atoms with Gasteiger partial charge in [-0.25, -0.2) is 4.79 Å². The van der Waals surface area contributed by atoms with Crippen LogP contribution >= 0.6 is 0 Å². The predicted octanol–water partition coefficient (Wildman–Crippen LogP) is 3.90. The van der Waals surface area contributed by atoms with Gasteiger partial charge < -0.3 is 15.4 Å². The van der Waals surface area contributed by atoms with Gasteiger partial charge >= 0.3 is 6.03 Å². The maximum absolute atomic E-state index is 13.2. The number of hydrogen-bond acceptors (Lipinski definition) is 3. The first-order chi connectivity index (χ1) is 12.7. The number of aromatic nitrogens is 2. The average Bonchev–Trinajstić information content (AvgIpc) is 3.14. The molecular weight excluding hydrogens is 328 g/mol. The molecule has 134 valence electrons. The third-order valence-corrected chi connectivity index (χ3v) is 4.99. The number of nitrogens with zero attached hydrogens (tertiary/aromatic N) is 2. The van der Waals surface area contributed by atoms with Crippen molar-refractivity contribution in [2.45, 2.75) is 37.8 Å². The van der Waals surface area contributed by atoms with Gasteiger partial charge in [-0.15, -0.1) is 0 Å². The molecule has 1 fully saturated rings. The number of H-pyrrole nitrogens is 1. The van der Waals surface area contributed by atoms with E-state index in [0.29, 0.717) is 18.5 Å². The molecule has 3 aromatic rings. The summed E-state index contributed by atoms with van der Waals surface area (Å²) in [5, 5.41) is 13.9. The Bertz CT molecular complexity index is 885. The number of aliphatic hydroxyl groups is 1. The Morgan fingerprint density at radius 2 is 2.00 bits per heavy atom. The Hall–Kier alpha value is -2.86. The summed E-state index contributed by atoms with van der Waals surface area (Å²) in [4.78, 5) is 22.3. The fourth-order valence-electron chi connectivity index (χ4n) is 3.68. The lowest BCUT2D eigenvalue weighted by atomic mass is 9.91. The number of carbonyl (C=O) groups excluding carboxylic acids is 1. The molecule has 1 aromatic carbocycles. The monoisotopic (exact) mass is 350 g/mol. The van der Waals surface area contributed by atoms with E-state index in [2.05, 4.69) is 15.3 Å². The number of carbonyl (C=O) groups is 1. The molecule has 0 radical (unpaired) electrons. The van der Waals surface area contributed by atoms with Crippen molar-refractivity contribution in [1.82, 2.24) is 9.97 Å². The van der Waals surface area contributed by atoms with E-state index in [0.717, 1.165) is 29.4 Å². The average molecular weight is 350 g/mol. The highest BCUT2D eigenvalue weighted by molar-refractivity contribution is 6.07. The van der Waals surface area contributed by atoms with Gasteiger partial charge in [0.2, 0.25) is 0 Å². The van der Waals surface area contributed by atoms with Crippen LogP contribution in [0.3, 0.4) is 0 Å². The van der Waals surface area contributed by atoms with Crippen LogP contribution in [0.15, 0.2) is 55.0 Å². The number of fused-ring (bicyclic) bond motifs is 1. The highest BCUT2D eigenvalue weighted by Gasteiger charge is 2.30. The molecule has 26 heavy (non-hydrogen) atoms. The fraction of sp³-hybridized carbons (Fsp3) is 0.300. The maximum Gasteiger partial charge on any atom is 0.326 e. The minimum atomic E-state index is -0.268. The van der Waals surface area contributed by atoms with Gasteiger partial charge in [0.15, 0.2) is 0 Å². The van der Waals surface area contributed by atoms with E-state index in [1.165, 1.54) is 0 Å². The maximum atomic E-state index is 13.2. The molecule has 1 aliphatic carbocycles. The molecule has 0 aliphatic heterocycles. The Kier molecular flexibility index (Phi) is 4.58. The third kappa shape index (κ3) is 3.28. The highest BCUT2D eigenvalue weighted by atomic mass is 16.3. The zero-order valence-corrected chi connectivity index (χ0v) is 14.4. The van der Waals surface area contributed by atoms with Crippen molar-refractivity contribution in [3.8, 4) is 0 Å². The zero-order chi connectivity index (χ0) is 17.9. The van der Waals surface area contributed by atoms with Gasteiger partial charge in [0.05, 0.1) is 29.2 Å². The minimum Gasteiger partial charge on any atom is -0.393 e. The first-order valence-electron chi connectivity index (χ1n) is 8.97. The summed E-state index contributed by atoms with van der Waals surface area (Å²) in [5.41, 5.74) is 2.47. The Morgan fingerprint density at radius 3 is 2.77 bits per heavy atom. The summed E-state index contributed by atoms with van der Waals surface area (Å²) in [6, 6.07) is 11.4. The minimum absolute atomic E-state index is 0.0453. The van der Waals surface area contributed by atoms with Crippen molar-refractivity contribution in [3.63, 3.8) is 0 Å².